The van der Waals surface area contributed by atoms with Gasteiger partial charge in [0.1, 0.15) is 5.75 Å². The Balaban J connectivity index is 2.03. The van der Waals surface area contributed by atoms with Crippen molar-refractivity contribution >= 4 is 0 Å². The Morgan fingerprint density at radius 1 is 1.32 bits per heavy atom. The van der Waals surface area contributed by atoms with Crippen LogP contribution in [0.5, 0.6) is 5.75 Å². The molecule has 2 aromatic rings. The molecule has 1 aromatic heterocycles. The molecule has 0 saturated heterocycles. The summed E-state index contributed by atoms with van der Waals surface area (Å²) < 4.78 is 7.05. The molecule has 6 nitrogen and oxygen atoms in total. The van der Waals surface area contributed by atoms with Gasteiger partial charge in [-0.05, 0) is 47.5 Å². The van der Waals surface area contributed by atoms with E-state index in [0.29, 0.717) is 13.0 Å². The van der Waals surface area contributed by atoms with Crippen LogP contribution in [0, 0.1) is 0 Å². The fourth-order valence-corrected chi connectivity index (χ4v) is 1.89. The average molecular weight is 261 g/mol. The molecule has 0 radical (unpaired) electrons. The third-order valence-electron chi connectivity index (χ3n) is 2.93. The van der Waals surface area contributed by atoms with E-state index in [2.05, 4.69) is 15.5 Å². The third kappa shape index (κ3) is 3.75. The number of nitrogens with two attached hydrogens (primary N) is 1. The second-order valence-electron chi connectivity index (χ2n) is 4.34. The number of unbranched alkanes of at least 4 members (excludes halogenated alkanes) is 1. The van der Waals surface area contributed by atoms with E-state index in [9.17, 15) is 0 Å². The molecule has 0 saturated carbocycles. The van der Waals surface area contributed by atoms with Crippen LogP contribution in [0.25, 0.3) is 0 Å². The minimum absolute atomic E-state index is 0.701. The van der Waals surface area contributed by atoms with Crippen molar-refractivity contribution in [1.82, 2.24) is 20.2 Å². The molecule has 0 spiro atoms. The number of methoxy groups -OCH3 is 1. The summed E-state index contributed by atoms with van der Waals surface area (Å²) in [5, 5.41) is 11.8. The van der Waals surface area contributed by atoms with E-state index in [-0.39, 0.29) is 0 Å². The Kier molecular flexibility index (Phi) is 4.85. The van der Waals surface area contributed by atoms with Crippen LogP contribution in [0.3, 0.4) is 0 Å². The SMILES string of the molecule is COc1cccc(Cc2nnnn2CCCCN)c1. The molecule has 0 aliphatic heterocycles. The summed E-state index contributed by atoms with van der Waals surface area (Å²) in [5.74, 6) is 1.71. The Hall–Kier alpha value is -1.95. The normalized spacial score (nSPS) is 10.6. The minimum Gasteiger partial charge on any atom is -0.497 e. The number of ether oxygens (including phenoxy) is 1. The molecule has 0 aliphatic rings. The zero-order valence-corrected chi connectivity index (χ0v) is 11.1. The van der Waals surface area contributed by atoms with Crippen LogP contribution in [0.15, 0.2) is 24.3 Å². The van der Waals surface area contributed by atoms with Crippen LogP contribution >= 0.6 is 0 Å². The Bertz CT molecular complexity index is 511. The quantitative estimate of drug-likeness (QED) is 0.752. The Labute approximate surface area is 112 Å². The van der Waals surface area contributed by atoms with Crippen molar-refractivity contribution in [3.63, 3.8) is 0 Å². The number of aryl methyl sites for hydroxylation is 1. The first-order valence-corrected chi connectivity index (χ1v) is 6.41. The van der Waals surface area contributed by atoms with Gasteiger partial charge in [-0.15, -0.1) is 5.10 Å². The minimum atomic E-state index is 0.701. The Morgan fingerprint density at radius 3 is 3.00 bits per heavy atom. The number of rotatable bonds is 7. The highest BCUT2D eigenvalue weighted by molar-refractivity contribution is 5.30. The van der Waals surface area contributed by atoms with Crippen molar-refractivity contribution in [2.45, 2.75) is 25.8 Å². The molecule has 102 valence electrons. The second-order valence-corrected chi connectivity index (χ2v) is 4.34. The van der Waals surface area contributed by atoms with Crippen LogP contribution in [-0.4, -0.2) is 33.9 Å². The average Bonchev–Trinajstić information content (AvgIpc) is 2.87. The highest BCUT2D eigenvalue weighted by Crippen LogP contribution is 2.15. The third-order valence-corrected chi connectivity index (χ3v) is 2.93. The van der Waals surface area contributed by atoms with Gasteiger partial charge in [-0.25, -0.2) is 4.68 Å². The van der Waals surface area contributed by atoms with Crippen molar-refractivity contribution in [2.24, 2.45) is 5.73 Å². The summed E-state index contributed by atoms with van der Waals surface area (Å²) in [7, 11) is 1.66. The topological polar surface area (TPSA) is 78.9 Å². The summed E-state index contributed by atoms with van der Waals surface area (Å²) in [5.41, 5.74) is 6.62. The molecule has 0 bridgehead atoms. The number of nitrogens with zero attached hydrogens (tertiary/aromatic N) is 4. The Morgan fingerprint density at radius 2 is 2.21 bits per heavy atom. The number of tetrazole rings is 1. The summed E-state index contributed by atoms with van der Waals surface area (Å²) in [4.78, 5) is 0. The van der Waals surface area contributed by atoms with Crippen molar-refractivity contribution in [3.8, 4) is 5.75 Å². The number of aromatic nitrogens is 4. The van der Waals surface area contributed by atoms with E-state index in [1.165, 1.54) is 0 Å². The van der Waals surface area contributed by atoms with Crippen LogP contribution in [-0.2, 0) is 13.0 Å². The van der Waals surface area contributed by atoms with Gasteiger partial charge in [0.25, 0.3) is 0 Å². The highest BCUT2D eigenvalue weighted by Gasteiger charge is 2.07. The lowest BCUT2D eigenvalue weighted by Gasteiger charge is -2.05. The van der Waals surface area contributed by atoms with Crippen LogP contribution in [0.4, 0.5) is 0 Å². The maximum Gasteiger partial charge on any atom is 0.155 e. The van der Waals surface area contributed by atoms with E-state index in [0.717, 1.165) is 36.5 Å². The van der Waals surface area contributed by atoms with Gasteiger partial charge in [0.2, 0.25) is 0 Å². The van der Waals surface area contributed by atoms with Crippen LogP contribution in [0.2, 0.25) is 0 Å². The lowest BCUT2D eigenvalue weighted by Crippen LogP contribution is -2.08. The van der Waals surface area contributed by atoms with E-state index < -0.39 is 0 Å². The van der Waals surface area contributed by atoms with Crippen molar-refractivity contribution in [2.75, 3.05) is 13.7 Å². The van der Waals surface area contributed by atoms with E-state index in [1.807, 2.05) is 28.9 Å². The summed E-state index contributed by atoms with van der Waals surface area (Å²) in [6.07, 6.45) is 2.68. The number of hydrogen-bond donors (Lipinski definition) is 1. The summed E-state index contributed by atoms with van der Waals surface area (Å²) >= 11 is 0. The number of benzene rings is 1. The van der Waals surface area contributed by atoms with Gasteiger partial charge in [0, 0.05) is 13.0 Å². The maximum absolute atomic E-state index is 5.49. The zero-order valence-electron chi connectivity index (χ0n) is 11.1. The van der Waals surface area contributed by atoms with Crippen molar-refractivity contribution < 1.29 is 4.74 Å². The fraction of sp³-hybridized carbons (Fsp3) is 0.462. The first-order valence-electron chi connectivity index (χ1n) is 6.41. The molecule has 19 heavy (non-hydrogen) atoms. The molecule has 0 fully saturated rings. The lowest BCUT2D eigenvalue weighted by atomic mass is 10.1. The highest BCUT2D eigenvalue weighted by atomic mass is 16.5. The van der Waals surface area contributed by atoms with Gasteiger partial charge in [-0.1, -0.05) is 12.1 Å². The first kappa shape index (κ1) is 13.5. The molecule has 6 heteroatoms. The molecular weight excluding hydrogens is 242 g/mol. The van der Waals surface area contributed by atoms with Gasteiger partial charge in [0.05, 0.1) is 7.11 Å². The van der Waals surface area contributed by atoms with Crippen molar-refractivity contribution in [3.05, 3.63) is 35.7 Å². The van der Waals surface area contributed by atoms with E-state index >= 15 is 0 Å². The second kappa shape index (κ2) is 6.84. The first-order chi connectivity index (χ1) is 9.33. The van der Waals surface area contributed by atoms with Gasteiger partial charge >= 0.3 is 0 Å². The molecule has 1 aromatic carbocycles. The largest absolute Gasteiger partial charge is 0.497 e. The van der Waals surface area contributed by atoms with Crippen LogP contribution in [0.1, 0.15) is 24.2 Å². The summed E-state index contributed by atoms with van der Waals surface area (Å²) in [6, 6.07) is 7.94. The zero-order chi connectivity index (χ0) is 13.5. The molecule has 2 N–H and O–H groups in total. The van der Waals surface area contributed by atoms with E-state index in [1.54, 1.807) is 7.11 Å². The molecule has 0 atom stereocenters. The van der Waals surface area contributed by atoms with Crippen molar-refractivity contribution in [1.29, 1.82) is 0 Å². The van der Waals surface area contributed by atoms with Gasteiger partial charge < -0.3 is 10.5 Å². The lowest BCUT2D eigenvalue weighted by molar-refractivity contribution is 0.414. The fourth-order valence-electron chi connectivity index (χ4n) is 1.89. The molecule has 0 unspecified atom stereocenters. The molecule has 0 aliphatic carbocycles. The predicted octanol–water partition coefficient (Wildman–Crippen LogP) is 1.01. The predicted molar refractivity (Wildman–Crippen MR) is 71.9 cm³/mol. The molecule has 2 rings (SSSR count). The molecular formula is C13H19N5O. The van der Waals surface area contributed by atoms with Crippen LogP contribution < -0.4 is 10.5 Å². The monoisotopic (exact) mass is 261 g/mol. The van der Waals surface area contributed by atoms with Gasteiger partial charge in [-0.2, -0.15) is 0 Å². The number of hydrogen-bond acceptors (Lipinski definition) is 5. The standard InChI is InChI=1S/C13H19N5O/c1-19-12-6-4-5-11(9-12)10-13-15-16-17-18(13)8-3-2-7-14/h4-6,9H,2-3,7-8,10,14H2,1H3. The summed E-state index contributed by atoms with van der Waals surface area (Å²) in [6.45, 7) is 1.51. The molecule has 1 heterocycles. The van der Waals surface area contributed by atoms with E-state index in [4.69, 9.17) is 10.5 Å². The smallest absolute Gasteiger partial charge is 0.155 e. The van der Waals surface area contributed by atoms with Gasteiger partial charge in [-0.3, -0.25) is 0 Å². The molecule has 0 amide bonds. The maximum atomic E-state index is 5.49. The van der Waals surface area contributed by atoms with Gasteiger partial charge in [0.15, 0.2) is 5.82 Å².